The van der Waals surface area contributed by atoms with E-state index >= 15 is 0 Å². The van der Waals surface area contributed by atoms with Gasteiger partial charge < -0.3 is 21.1 Å². The maximum Gasteiger partial charge on any atom is 0.168 e. The highest BCUT2D eigenvalue weighted by Gasteiger charge is 2.29. The molecule has 7 heteroatoms. The van der Waals surface area contributed by atoms with E-state index in [0.717, 1.165) is 6.07 Å². The minimum atomic E-state index is -0.634. The summed E-state index contributed by atoms with van der Waals surface area (Å²) in [4.78, 5) is 0. The summed E-state index contributed by atoms with van der Waals surface area (Å²) < 4.78 is 33.4. The Balaban J connectivity index is 1.82. The molecule has 2 aliphatic rings. The number of hydrogen-bond acceptors (Lipinski definition) is 5. The number of hydrogen-bond donors (Lipinski definition) is 3. The van der Waals surface area contributed by atoms with Gasteiger partial charge in [0.1, 0.15) is 17.9 Å². The third kappa shape index (κ3) is 2.94. The predicted molar refractivity (Wildman–Crippen MR) is 78.9 cm³/mol. The molecule has 1 aromatic carbocycles. The van der Waals surface area contributed by atoms with Crippen LogP contribution in [0.3, 0.4) is 0 Å². The molecule has 1 unspecified atom stereocenters. The summed E-state index contributed by atoms with van der Waals surface area (Å²) in [6, 6.07) is 0.890. The minimum absolute atomic E-state index is 0.0662. The number of nitrogens with two attached hydrogens (primary N) is 1. The van der Waals surface area contributed by atoms with Gasteiger partial charge in [-0.1, -0.05) is 0 Å². The number of benzene rings is 1. The van der Waals surface area contributed by atoms with Gasteiger partial charge >= 0.3 is 0 Å². The molecule has 114 valence electrons. The third-order valence-electron chi connectivity index (χ3n) is 3.54. The topological polar surface area (TPSA) is 59.3 Å². The van der Waals surface area contributed by atoms with Crippen molar-refractivity contribution in [2.45, 2.75) is 23.6 Å². The number of halogens is 2. The van der Waals surface area contributed by atoms with E-state index in [2.05, 4.69) is 10.6 Å². The van der Waals surface area contributed by atoms with Crippen LogP contribution < -0.4 is 21.1 Å². The first-order valence-electron chi connectivity index (χ1n) is 6.84. The van der Waals surface area contributed by atoms with E-state index < -0.39 is 11.6 Å². The summed E-state index contributed by atoms with van der Waals surface area (Å²) in [7, 11) is 0. The Morgan fingerprint density at radius 3 is 2.76 bits per heavy atom. The smallest absolute Gasteiger partial charge is 0.168 e. The van der Waals surface area contributed by atoms with Gasteiger partial charge in [-0.3, -0.25) is 0 Å². The average Bonchev–Trinajstić information content (AvgIpc) is 2.96. The fourth-order valence-electron chi connectivity index (χ4n) is 2.62. The first kappa shape index (κ1) is 14.5. The van der Waals surface area contributed by atoms with Gasteiger partial charge in [0, 0.05) is 29.3 Å². The highest BCUT2D eigenvalue weighted by molar-refractivity contribution is 8.00. The first-order valence-corrected chi connectivity index (χ1v) is 7.78. The number of ether oxygens (including phenoxy) is 1. The van der Waals surface area contributed by atoms with Crippen molar-refractivity contribution in [2.75, 3.05) is 13.2 Å². The molecule has 0 radical (unpaired) electrons. The molecule has 1 atom stereocenters. The lowest BCUT2D eigenvalue weighted by atomic mass is 9.96. The van der Waals surface area contributed by atoms with Crippen LogP contribution in [-0.4, -0.2) is 23.9 Å². The van der Waals surface area contributed by atoms with Gasteiger partial charge in [0.25, 0.3) is 0 Å². The largest absolute Gasteiger partial charge is 0.489 e. The second-order valence-electron chi connectivity index (χ2n) is 4.99. The summed E-state index contributed by atoms with van der Waals surface area (Å²) >= 11 is 1.64. The van der Waals surface area contributed by atoms with Crippen molar-refractivity contribution in [3.63, 3.8) is 0 Å². The van der Waals surface area contributed by atoms with Crippen molar-refractivity contribution < 1.29 is 13.5 Å². The van der Waals surface area contributed by atoms with Gasteiger partial charge in [-0.25, -0.2) is 8.78 Å². The molecule has 3 rings (SSSR count). The maximum absolute atomic E-state index is 14.0. The van der Waals surface area contributed by atoms with E-state index in [1.54, 1.807) is 11.8 Å². The van der Waals surface area contributed by atoms with E-state index in [9.17, 15) is 8.78 Å². The van der Waals surface area contributed by atoms with Crippen LogP contribution in [0.2, 0.25) is 0 Å². The average molecular weight is 313 g/mol. The van der Waals surface area contributed by atoms with Gasteiger partial charge in [-0.2, -0.15) is 0 Å². The molecule has 0 amide bonds. The third-order valence-corrected chi connectivity index (χ3v) is 4.78. The van der Waals surface area contributed by atoms with Crippen LogP contribution in [0.25, 0.3) is 0 Å². The predicted octanol–water partition coefficient (Wildman–Crippen LogP) is 1.45. The molecular formula is C14H17F2N3OS. The summed E-state index contributed by atoms with van der Waals surface area (Å²) in [5, 5.41) is 6.40. The van der Waals surface area contributed by atoms with E-state index in [0.29, 0.717) is 37.1 Å². The van der Waals surface area contributed by atoms with E-state index in [1.165, 1.54) is 0 Å². The second-order valence-corrected chi connectivity index (χ2v) is 6.40. The van der Waals surface area contributed by atoms with Gasteiger partial charge in [-0.15, -0.1) is 11.8 Å². The van der Waals surface area contributed by atoms with Crippen LogP contribution in [0.4, 0.5) is 8.78 Å². The summed E-state index contributed by atoms with van der Waals surface area (Å²) in [6.07, 6.45) is 4.61. The van der Waals surface area contributed by atoms with Crippen molar-refractivity contribution in [1.29, 1.82) is 0 Å². The van der Waals surface area contributed by atoms with E-state index in [4.69, 9.17) is 10.5 Å². The molecule has 1 aromatic rings. The monoisotopic (exact) mass is 313 g/mol. The highest BCUT2D eigenvalue weighted by atomic mass is 32.2. The molecule has 0 aromatic heterocycles. The Morgan fingerprint density at radius 1 is 1.29 bits per heavy atom. The number of rotatable bonds is 4. The summed E-state index contributed by atoms with van der Waals surface area (Å²) in [5.41, 5.74) is 6.69. The first-order chi connectivity index (χ1) is 10.2. The zero-order valence-corrected chi connectivity index (χ0v) is 12.2. The molecule has 0 bridgehead atoms. The molecule has 0 fully saturated rings. The van der Waals surface area contributed by atoms with Crippen LogP contribution in [0.15, 0.2) is 18.5 Å². The highest BCUT2D eigenvalue weighted by Crippen LogP contribution is 2.36. The van der Waals surface area contributed by atoms with E-state index in [1.807, 2.05) is 12.4 Å². The van der Waals surface area contributed by atoms with Crippen LogP contribution in [0.1, 0.15) is 11.1 Å². The SMILES string of the molecule is NCCc1c(F)cc(F)c2c1CC(SC1NC=CN1)CO2. The van der Waals surface area contributed by atoms with E-state index in [-0.39, 0.29) is 16.5 Å². The molecule has 0 aliphatic carbocycles. The Hall–Kier alpha value is -1.47. The molecule has 2 aliphatic heterocycles. The fourth-order valence-corrected chi connectivity index (χ4v) is 3.72. The van der Waals surface area contributed by atoms with Gasteiger partial charge in [-0.05, 0) is 24.9 Å². The lowest BCUT2D eigenvalue weighted by molar-refractivity contribution is 0.275. The van der Waals surface area contributed by atoms with Crippen molar-refractivity contribution in [3.8, 4) is 5.75 Å². The second kappa shape index (κ2) is 6.11. The molecule has 4 N–H and O–H groups in total. The Bertz CT molecular complexity index is 560. The van der Waals surface area contributed by atoms with Gasteiger partial charge in [0.05, 0.1) is 0 Å². The fraction of sp³-hybridized carbons (Fsp3) is 0.429. The van der Waals surface area contributed by atoms with Crippen LogP contribution in [0, 0.1) is 11.6 Å². The molecule has 0 saturated heterocycles. The van der Waals surface area contributed by atoms with Crippen molar-refractivity contribution >= 4 is 11.8 Å². The molecule has 0 spiro atoms. The lowest BCUT2D eigenvalue weighted by Gasteiger charge is -2.29. The Labute approximate surface area is 126 Å². The lowest BCUT2D eigenvalue weighted by Crippen LogP contribution is -2.34. The number of thioether (sulfide) groups is 1. The zero-order chi connectivity index (χ0) is 14.8. The van der Waals surface area contributed by atoms with Crippen LogP contribution in [0.5, 0.6) is 5.75 Å². The zero-order valence-electron chi connectivity index (χ0n) is 11.4. The normalized spacial score (nSPS) is 20.6. The number of fused-ring (bicyclic) bond motifs is 1. The molecule has 21 heavy (non-hydrogen) atoms. The Morgan fingerprint density at radius 2 is 2.05 bits per heavy atom. The van der Waals surface area contributed by atoms with Crippen molar-refractivity contribution in [3.05, 3.63) is 41.2 Å². The van der Waals surface area contributed by atoms with Crippen LogP contribution >= 0.6 is 11.8 Å². The van der Waals surface area contributed by atoms with Gasteiger partial charge in [0.15, 0.2) is 11.6 Å². The van der Waals surface area contributed by atoms with Crippen molar-refractivity contribution in [2.24, 2.45) is 5.73 Å². The van der Waals surface area contributed by atoms with Crippen LogP contribution in [-0.2, 0) is 12.8 Å². The minimum Gasteiger partial charge on any atom is -0.489 e. The summed E-state index contributed by atoms with van der Waals surface area (Å²) in [6.45, 7) is 0.727. The summed E-state index contributed by atoms with van der Waals surface area (Å²) in [5.74, 6) is -0.989. The van der Waals surface area contributed by atoms with Gasteiger partial charge in [0.2, 0.25) is 0 Å². The van der Waals surface area contributed by atoms with Crippen molar-refractivity contribution in [1.82, 2.24) is 10.6 Å². The standard InChI is InChI=1S/C14H17F2N3OS/c15-11-6-12(16)13-10(9(11)1-2-17)5-8(7-20-13)21-14-18-3-4-19-14/h3-4,6,8,14,18-19H,1-2,5,7,17H2. The molecular weight excluding hydrogens is 296 g/mol. The maximum atomic E-state index is 14.0. The quantitative estimate of drug-likeness (QED) is 0.785. The molecule has 4 nitrogen and oxygen atoms in total. The molecule has 0 saturated carbocycles. The Kier molecular flexibility index (Phi) is 4.21. The molecule has 2 heterocycles. The number of nitrogens with one attached hydrogen (secondary N) is 2.